The van der Waals surface area contributed by atoms with Crippen LogP contribution >= 0.6 is 24.2 Å². The second kappa shape index (κ2) is 9.08. The highest BCUT2D eigenvalue weighted by molar-refractivity contribution is 8.00. The molecule has 8 heteroatoms. The predicted molar refractivity (Wildman–Crippen MR) is 99.2 cm³/mol. The molecule has 2 saturated heterocycles. The van der Waals surface area contributed by atoms with E-state index in [4.69, 9.17) is 4.74 Å². The van der Waals surface area contributed by atoms with E-state index in [2.05, 4.69) is 22.0 Å². The monoisotopic (exact) mass is 374 g/mol. The van der Waals surface area contributed by atoms with E-state index in [1.165, 1.54) is 0 Å². The van der Waals surface area contributed by atoms with Crippen molar-refractivity contribution in [3.63, 3.8) is 0 Å². The van der Waals surface area contributed by atoms with E-state index in [0.717, 1.165) is 52.0 Å². The quantitative estimate of drug-likeness (QED) is 0.823. The maximum atomic E-state index is 12.4. The molecular weight excluding hydrogens is 348 g/mol. The van der Waals surface area contributed by atoms with Crippen LogP contribution in [0.15, 0.2) is 12.3 Å². The third kappa shape index (κ3) is 4.65. The van der Waals surface area contributed by atoms with Crippen LogP contribution in [0.1, 0.15) is 42.2 Å². The van der Waals surface area contributed by atoms with Crippen LogP contribution in [-0.2, 0) is 4.74 Å². The molecule has 0 radical (unpaired) electrons. The van der Waals surface area contributed by atoms with E-state index in [9.17, 15) is 4.79 Å². The number of carbonyl (C=O) groups excluding carboxylic acids is 1. The lowest BCUT2D eigenvalue weighted by atomic mass is 9.99. The zero-order valence-corrected chi connectivity index (χ0v) is 15.8. The molecule has 0 saturated carbocycles. The van der Waals surface area contributed by atoms with Crippen LogP contribution in [-0.4, -0.2) is 59.5 Å². The summed E-state index contributed by atoms with van der Waals surface area (Å²) in [6, 6.07) is 2.18. The van der Waals surface area contributed by atoms with Gasteiger partial charge in [-0.2, -0.15) is 16.9 Å². The fourth-order valence-electron chi connectivity index (χ4n) is 3.25. The maximum absolute atomic E-state index is 12.4. The summed E-state index contributed by atoms with van der Waals surface area (Å²) in [4.78, 5) is 12.4. The van der Waals surface area contributed by atoms with Crippen LogP contribution < -0.4 is 10.6 Å². The maximum Gasteiger partial charge on any atom is 0.271 e. The molecule has 2 fully saturated rings. The number of amides is 1. The first kappa shape index (κ1) is 19.6. The van der Waals surface area contributed by atoms with Gasteiger partial charge < -0.3 is 15.4 Å². The highest BCUT2D eigenvalue weighted by Crippen LogP contribution is 2.33. The van der Waals surface area contributed by atoms with Crippen LogP contribution in [0.25, 0.3) is 0 Å². The molecule has 3 rings (SSSR count). The Morgan fingerprint density at radius 1 is 1.54 bits per heavy atom. The largest absolute Gasteiger partial charge is 0.381 e. The van der Waals surface area contributed by atoms with E-state index < -0.39 is 0 Å². The van der Waals surface area contributed by atoms with Crippen molar-refractivity contribution in [1.29, 1.82) is 0 Å². The zero-order chi connectivity index (χ0) is 16.1. The van der Waals surface area contributed by atoms with E-state index in [1.807, 2.05) is 28.7 Å². The Morgan fingerprint density at radius 3 is 3.00 bits per heavy atom. The number of hydrogen-bond acceptors (Lipinski definition) is 5. The molecule has 24 heavy (non-hydrogen) atoms. The molecule has 1 aromatic heterocycles. The van der Waals surface area contributed by atoms with Gasteiger partial charge in [0.1, 0.15) is 5.69 Å². The summed E-state index contributed by atoms with van der Waals surface area (Å²) in [7, 11) is 0. The van der Waals surface area contributed by atoms with Crippen LogP contribution in [0, 0.1) is 0 Å². The van der Waals surface area contributed by atoms with Gasteiger partial charge >= 0.3 is 0 Å². The van der Waals surface area contributed by atoms with Gasteiger partial charge in [-0.25, -0.2) is 0 Å². The van der Waals surface area contributed by atoms with E-state index >= 15 is 0 Å². The van der Waals surface area contributed by atoms with Gasteiger partial charge in [0.05, 0.1) is 6.04 Å². The van der Waals surface area contributed by atoms with E-state index in [1.54, 1.807) is 0 Å². The molecule has 1 atom stereocenters. The number of rotatable bonds is 5. The normalized spacial score (nSPS) is 23.3. The first-order valence-electron chi connectivity index (χ1n) is 8.39. The highest BCUT2D eigenvalue weighted by Gasteiger charge is 2.32. The van der Waals surface area contributed by atoms with Crippen LogP contribution in [0.2, 0.25) is 0 Å². The number of nitrogens with zero attached hydrogens (tertiary/aromatic N) is 2. The predicted octanol–water partition coefficient (Wildman–Crippen LogP) is 1.87. The zero-order valence-electron chi connectivity index (χ0n) is 14.1. The van der Waals surface area contributed by atoms with Crippen molar-refractivity contribution in [2.45, 2.75) is 36.5 Å². The van der Waals surface area contributed by atoms with E-state index in [-0.39, 0.29) is 23.1 Å². The highest BCUT2D eigenvalue weighted by atomic mass is 35.5. The topological polar surface area (TPSA) is 68.2 Å². The van der Waals surface area contributed by atoms with Gasteiger partial charge in [-0.15, -0.1) is 12.4 Å². The Bertz CT molecular complexity index is 528. The van der Waals surface area contributed by atoms with Crippen molar-refractivity contribution in [2.24, 2.45) is 0 Å². The third-order valence-corrected chi connectivity index (χ3v) is 6.31. The molecule has 0 aromatic carbocycles. The summed E-state index contributed by atoms with van der Waals surface area (Å²) in [5, 5.41) is 10.9. The molecule has 0 aliphatic carbocycles. The van der Waals surface area contributed by atoms with Crippen molar-refractivity contribution < 1.29 is 9.53 Å². The number of nitrogens with one attached hydrogen (secondary N) is 2. The first-order chi connectivity index (χ1) is 11.2. The molecule has 2 aliphatic heterocycles. The molecular formula is C16H27ClN4O2S. The summed E-state index contributed by atoms with van der Waals surface area (Å²) in [5.74, 6) is -0.0764. The SMILES string of the molecule is CSC1(CNC(=O)c2ccn(C3CCCNC3)n2)CCOCC1.Cl. The number of hydrogen-bond donors (Lipinski definition) is 2. The average molecular weight is 375 g/mol. The smallest absolute Gasteiger partial charge is 0.271 e. The summed E-state index contributed by atoms with van der Waals surface area (Å²) < 4.78 is 7.47. The first-order valence-corrected chi connectivity index (χ1v) is 9.62. The molecule has 0 spiro atoms. The lowest BCUT2D eigenvalue weighted by Gasteiger charge is -2.35. The second-order valence-electron chi connectivity index (χ2n) is 6.36. The molecule has 1 amide bonds. The average Bonchev–Trinajstić information content (AvgIpc) is 3.11. The van der Waals surface area contributed by atoms with Crippen LogP contribution in [0.5, 0.6) is 0 Å². The van der Waals surface area contributed by atoms with Gasteiger partial charge in [0.2, 0.25) is 0 Å². The number of thioether (sulfide) groups is 1. The van der Waals surface area contributed by atoms with Gasteiger partial charge in [0.25, 0.3) is 5.91 Å². The lowest BCUT2D eigenvalue weighted by molar-refractivity contribution is 0.0741. The summed E-state index contributed by atoms with van der Waals surface area (Å²) in [6.07, 6.45) is 8.27. The lowest BCUT2D eigenvalue weighted by Crippen LogP contribution is -2.44. The van der Waals surface area contributed by atoms with Crippen LogP contribution in [0.4, 0.5) is 0 Å². The summed E-state index contributed by atoms with van der Waals surface area (Å²) >= 11 is 1.83. The Kier molecular flexibility index (Phi) is 7.40. The minimum atomic E-state index is -0.0764. The van der Waals surface area contributed by atoms with Gasteiger partial charge in [-0.3, -0.25) is 9.48 Å². The van der Waals surface area contributed by atoms with Gasteiger partial charge in [-0.05, 0) is 44.6 Å². The van der Waals surface area contributed by atoms with Gasteiger partial charge in [-0.1, -0.05) is 0 Å². The number of aromatic nitrogens is 2. The third-order valence-electron chi connectivity index (χ3n) is 4.89. The van der Waals surface area contributed by atoms with Crippen molar-refractivity contribution >= 4 is 30.1 Å². The number of halogens is 1. The van der Waals surface area contributed by atoms with Crippen molar-refractivity contribution in [3.05, 3.63) is 18.0 Å². The Morgan fingerprint density at radius 2 is 2.33 bits per heavy atom. The number of ether oxygens (including phenoxy) is 1. The minimum absolute atomic E-state index is 0. The van der Waals surface area contributed by atoms with Crippen molar-refractivity contribution in [1.82, 2.24) is 20.4 Å². The molecule has 2 N–H and O–H groups in total. The summed E-state index contributed by atoms with van der Waals surface area (Å²) in [5.41, 5.74) is 0.513. The number of piperidine rings is 1. The Labute approximate surface area is 153 Å². The fraction of sp³-hybridized carbons (Fsp3) is 0.750. The second-order valence-corrected chi connectivity index (χ2v) is 7.64. The molecule has 3 heterocycles. The summed E-state index contributed by atoms with van der Waals surface area (Å²) in [6.45, 7) is 4.23. The molecule has 0 bridgehead atoms. The minimum Gasteiger partial charge on any atom is -0.381 e. The van der Waals surface area contributed by atoms with Crippen LogP contribution in [0.3, 0.4) is 0 Å². The fourth-order valence-corrected chi connectivity index (χ4v) is 4.04. The van der Waals surface area contributed by atoms with Gasteiger partial charge in [0.15, 0.2) is 0 Å². The standard InChI is InChI=1S/C16H26N4O2S.ClH/c1-23-16(5-9-22-10-6-16)12-18-15(21)14-4-8-20(19-14)13-3-2-7-17-11-13;/h4,8,13,17H,2-3,5-7,9-12H2,1H3,(H,18,21);1H. The molecule has 6 nitrogen and oxygen atoms in total. The van der Waals surface area contributed by atoms with Crippen molar-refractivity contribution in [3.8, 4) is 0 Å². The Balaban J connectivity index is 0.00000208. The Hall–Kier alpha value is -0.760. The molecule has 1 unspecified atom stereocenters. The molecule has 1 aromatic rings. The molecule has 2 aliphatic rings. The number of carbonyl (C=O) groups is 1. The molecule has 136 valence electrons. The van der Waals surface area contributed by atoms with Gasteiger partial charge in [0, 0.05) is 37.2 Å². The van der Waals surface area contributed by atoms with E-state index in [0.29, 0.717) is 18.3 Å². The van der Waals surface area contributed by atoms with Crippen molar-refractivity contribution in [2.75, 3.05) is 39.1 Å².